The van der Waals surface area contributed by atoms with E-state index in [4.69, 9.17) is 4.74 Å². The lowest BCUT2D eigenvalue weighted by Crippen LogP contribution is -2.12. The van der Waals surface area contributed by atoms with Crippen LogP contribution in [0.4, 0.5) is 0 Å². The fourth-order valence-corrected chi connectivity index (χ4v) is 1.38. The first-order chi connectivity index (χ1) is 9.27. The highest BCUT2D eigenvalue weighted by molar-refractivity contribution is 5.77. The maximum absolute atomic E-state index is 10.1. The Labute approximate surface area is 115 Å². The van der Waals surface area contributed by atoms with Crippen LogP contribution in [0, 0.1) is 0 Å². The molecule has 0 saturated carbocycles. The van der Waals surface area contributed by atoms with Crippen molar-refractivity contribution in [3.05, 3.63) is 18.1 Å². The van der Waals surface area contributed by atoms with Crippen molar-refractivity contribution in [3.8, 4) is 5.88 Å². The molecule has 0 atom stereocenters. The molecule has 1 aromatic heterocycles. The Bertz CT molecular complexity index is 350. The monoisotopic (exact) mass is 268 g/mol. The number of hydrogen-bond donors (Lipinski definition) is 2. The van der Waals surface area contributed by atoms with Crippen LogP contribution in [-0.2, 0) is 11.3 Å². The summed E-state index contributed by atoms with van der Waals surface area (Å²) < 4.78 is 4.98. The van der Waals surface area contributed by atoms with Crippen LogP contribution in [-0.4, -0.2) is 36.6 Å². The predicted molar refractivity (Wildman–Crippen MR) is 74.9 cm³/mol. The van der Waals surface area contributed by atoms with Gasteiger partial charge in [0.2, 0.25) is 11.8 Å². The van der Waals surface area contributed by atoms with E-state index < -0.39 is 0 Å². The molecule has 0 aromatic carbocycles. The molecule has 2 heterocycles. The zero-order valence-corrected chi connectivity index (χ0v) is 12.2. The standard InChI is InChI=1S/C7H11N3O.C4H7NO.C2H6/c1-8-5-6-7(11-2)10-4-3-9-6;6-4-2-1-3-5-4;1-2/h3-4,8H,5H2,1-2H3;1-3H2,(H,5,6);1-2H3. The van der Waals surface area contributed by atoms with E-state index in [1.165, 1.54) is 0 Å². The first kappa shape index (κ1) is 17.3. The largest absolute Gasteiger partial charge is 0.480 e. The summed E-state index contributed by atoms with van der Waals surface area (Å²) in [5, 5.41) is 5.66. The third kappa shape index (κ3) is 7.35. The number of rotatable bonds is 3. The lowest BCUT2D eigenvalue weighted by atomic mass is 10.4. The average Bonchev–Trinajstić information content (AvgIpc) is 2.94. The van der Waals surface area contributed by atoms with E-state index in [1.54, 1.807) is 19.5 Å². The minimum atomic E-state index is 0.204. The lowest BCUT2D eigenvalue weighted by molar-refractivity contribution is -0.119. The normalized spacial score (nSPS) is 12.5. The molecule has 1 saturated heterocycles. The van der Waals surface area contributed by atoms with Crippen LogP contribution in [0.3, 0.4) is 0 Å². The van der Waals surface area contributed by atoms with Gasteiger partial charge < -0.3 is 15.4 Å². The van der Waals surface area contributed by atoms with Gasteiger partial charge in [-0.2, -0.15) is 0 Å². The van der Waals surface area contributed by atoms with Gasteiger partial charge in [-0.25, -0.2) is 4.98 Å². The molecule has 0 aliphatic carbocycles. The molecule has 0 unspecified atom stereocenters. The van der Waals surface area contributed by atoms with Gasteiger partial charge in [0.15, 0.2) is 0 Å². The number of nitrogens with one attached hydrogen (secondary N) is 2. The number of ether oxygens (including phenoxy) is 1. The first-order valence-corrected chi connectivity index (χ1v) is 6.53. The summed E-state index contributed by atoms with van der Waals surface area (Å²) in [6, 6.07) is 0. The molecule has 1 fully saturated rings. The zero-order chi connectivity index (χ0) is 14.5. The molecule has 19 heavy (non-hydrogen) atoms. The quantitative estimate of drug-likeness (QED) is 0.859. The second kappa shape index (κ2) is 11.4. The van der Waals surface area contributed by atoms with Gasteiger partial charge in [0, 0.05) is 31.9 Å². The predicted octanol–water partition coefficient (Wildman–Crippen LogP) is 1.13. The molecule has 1 aliphatic heterocycles. The second-order valence-electron chi connectivity index (χ2n) is 3.50. The molecule has 1 aromatic rings. The third-order valence-corrected chi connectivity index (χ3v) is 2.18. The highest BCUT2D eigenvalue weighted by atomic mass is 16.5. The Morgan fingerprint density at radius 2 is 2.05 bits per heavy atom. The van der Waals surface area contributed by atoms with Crippen LogP contribution in [0.25, 0.3) is 0 Å². The number of methoxy groups -OCH3 is 1. The molecule has 0 spiro atoms. The summed E-state index contributed by atoms with van der Waals surface area (Å²) >= 11 is 0. The fraction of sp³-hybridized carbons (Fsp3) is 0.615. The zero-order valence-electron chi connectivity index (χ0n) is 12.2. The molecule has 6 heteroatoms. The molecule has 1 aliphatic rings. The molecule has 108 valence electrons. The van der Waals surface area contributed by atoms with E-state index in [-0.39, 0.29) is 5.91 Å². The van der Waals surface area contributed by atoms with Gasteiger partial charge in [0.05, 0.1) is 7.11 Å². The minimum Gasteiger partial charge on any atom is -0.480 e. The first-order valence-electron chi connectivity index (χ1n) is 6.53. The summed E-state index contributed by atoms with van der Waals surface area (Å²) in [6.45, 7) is 5.57. The number of aromatic nitrogens is 2. The van der Waals surface area contributed by atoms with Crippen molar-refractivity contribution in [1.82, 2.24) is 20.6 Å². The number of carbonyl (C=O) groups is 1. The van der Waals surface area contributed by atoms with E-state index in [2.05, 4.69) is 20.6 Å². The van der Waals surface area contributed by atoms with Gasteiger partial charge in [0.25, 0.3) is 0 Å². The molecule has 6 nitrogen and oxygen atoms in total. The summed E-state index contributed by atoms with van der Waals surface area (Å²) in [5.74, 6) is 0.789. The molecule has 2 rings (SSSR count). The van der Waals surface area contributed by atoms with Crippen LogP contribution in [0.1, 0.15) is 32.4 Å². The lowest BCUT2D eigenvalue weighted by Gasteiger charge is -2.03. The fourth-order valence-electron chi connectivity index (χ4n) is 1.38. The van der Waals surface area contributed by atoms with E-state index in [1.807, 2.05) is 20.9 Å². The molecular formula is C13H24N4O2. The number of nitrogens with zero attached hydrogens (tertiary/aromatic N) is 2. The van der Waals surface area contributed by atoms with Gasteiger partial charge in [-0.3, -0.25) is 9.78 Å². The highest BCUT2D eigenvalue weighted by Gasteiger charge is 2.05. The van der Waals surface area contributed by atoms with E-state index in [0.717, 1.165) is 25.1 Å². The molecular weight excluding hydrogens is 244 g/mol. The van der Waals surface area contributed by atoms with Gasteiger partial charge in [-0.15, -0.1) is 0 Å². The van der Waals surface area contributed by atoms with Gasteiger partial charge in [0.1, 0.15) is 5.69 Å². The van der Waals surface area contributed by atoms with Crippen molar-refractivity contribution in [2.45, 2.75) is 33.2 Å². The summed E-state index contributed by atoms with van der Waals surface area (Å²) in [7, 11) is 3.44. The second-order valence-corrected chi connectivity index (χ2v) is 3.50. The summed E-state index contributed by atoms with van der Waals surface area (Å²) in [6.07, 6.45) is 5.02. The van der Waals surface area contributed by atoms with Gasteiger partial charge >= 0.3 is 0 Å². The van der Waals surface area contributed by atoms with Crippen molar-refractivity contribution >= 4 is 5.91 Å². The SMILES string of the molecule is CC.CNCc1nccnc1OC.O=C1CCCN1. The Balaban J connectivity index is 0.000000341. The Morgan fingerprint density at radius 1 is 1.37 bits per heavy atom. The van der Waals surface area contributed by atoms with Gasteiger partial charge in [-0.1, -0.05) is 13.8 Å². The van der Waals surface area contributed by atoms with Crippen LogP contribution in [0.2, 0.25) is 0 Å². The summed E-state index contributed by atoms with van der Waals surface area (Å²) in [5.41, 5.74) is 0.831. The molecule has 0 bridgehead atoms. The number of carbonyl (C=O) groups excluding carboxylic acids is 1. The smallest absolute Gasteiger partial charge is 0.236 e. The Hall–Kier alpha value is -1.69. The Morgan fingerprint density at radius 3 is 2.47 bits per heavy atom. The van der Waals surface area contributed by atoms with Crippen molar-refractivity contribution in [2.24, 2.45) is 0 Å². The highest BCUT2D eigenvalue weighted by Crippen LogP contribution is 2.08. The van der Waals surface area contributed by atoms with Crippen LogP contribution >= 0.6 is 0 Å². The van der Waals surface area contributed by atoms with Crippen molar-refractivity contribution in [1.29, 1.82) is 0 Å². The average molecular weight is 268 g/mol. The van der Waals surface area contributed by atoms with E-state index >= 15 is 0 Å². The van der Waals surface area contributed by atoms with E-state index in [9.17, 15) is 4.79 Å². The van der Waals surface area contributed by atoms with Crippen LogP contribution < -0.4 is 15.4 Å². The topological polar surface area (TPSA) is 76.1 Å². The third-order valence-electron chi connectivity index (χ3n) is 2.18. The summed E-state index contributed by atoms with van der Waals surface area (Å²) in [4.78, 5) is 18.2. The maximum Gasteiger partial charge on any atom is 0.236 e. The molecule has 1 amide bonds. The van der Waals surface area contributed by atoms with Crippen LogP contribution in [0.15, 0.2) is 12.4 Å². The minimum absolute atomic E-state index is 0.204. The Kier molecular flexibility index (Phi) is 10.4. The molecule has 2 N–H and O–H groups in total. The van der Waals surface area contributed by atoms with Crippen molar-refractivity contribution in [3.63, 3.8) is 0 Å². The molecule has 0 radical (unpaired) electrons. The van der Waals surface area contributed by atoms with Gasteiger partial charge in [-0.05, 0) is 13.5 Å². The number of amides is 1. The number of hydrogen-bond acceptors (Lipinski definition) is 5. The van der Waals surface area contributed by atoms with E-state index in [0.29, 0.717) is 12.4 Å². The van der Waals surface area contributed by atoms with Crippen LogP contribution in [0.5, 0.6) is 5.88 Å². The maximum atomic E-state index is 10.1. The van der Waals surface area contributed by atoms with Crippen molar-refractivity contribution < 1.29 is 9.53 Å². The van der Waals surface area contributed by atoms with Crippen molar-refractivity contribution in [2.75, 3.05) is 20.7 Å².